The Morgan fingerprint density at radius 1 is 1.19 bits per heavy atom. The highest BCUT2D eigenvalue weighted by Crippen LogP contribution is 2.30. The summed E-state index contributed by atoms with van der Waals surface area (Å²) in [5.74, 6) is 0.722. The van der Waals surface area contributed by atoms with E-state index in [0.29, 0.717) is 17.3 Å². The molecular weight excluding hydrogens is 301 g/mol. The van der Waals surface area contributed by atoms with Gasteiger partial charge in [0.05, 0.1) is 0 Å². The summed E-state index contributed by atoms with van der Waals surface area (Å²) < 4.78 is 38.4. The molecule has 0 atom stereocenters. The van der Waals surface area contributed by atoms with E-state index in [4.69, 9.17) is 0 Å². The first-order valence-electron chi connectivity index (χ1n) is 6.96. The van der Waals surface area contributed by atoms with Crippen molar-refractivity contribution in [2.24, 2.45) is 0 Å². The lowest BCUT2D eigenvalue weighted by molar-refractivity contribution is -0.141. The molecule has 0 aliphatic heterocycles. The van der Waals surface area contributed by atoms with E-state index in [9.17, 15) is 13.2 Å². The second kappa shape index (κ2) is 8.43. The predicted octanol–water partition coefficient (Wildman–Crippen LogP) is 3.36. The van der Waals surface area contributed by atoms with Crippen LogP contribution >= 0.6 is 11.8 Å². The third kappa shape index (κ3) is 6.09. The second-order valence-electron chi connectivity index (χ2n) is 4.32. The summed E-state index contributed by atoms with van der Waals surface area (Å²) in [6.45, 7) is 9.06. The molecular formula is C13H21F3N4S. The Balaban J connectivity index is 2.78. The zero-order valence-corrected chi connectivity index (χ0v) is 13.3. The molecule has 0 unspecified atom stereocenters. The van der Waals surface area contributed by atoms with Gasteiger partial charge in [-0.25, -0.2) is 9.97 Å². The minimum Gasteiger partial charge on any atom is -0.354 e. The summed E-state index contributed by atoms with van der Waals surface area (Å²) in [7, 11) is 0. The van der Waals surface area contributed by atoms with E-state index in [1.807, 2.05) is 0 Å². The summed E-state index contributed by atoms with van der Waals surface area (Å²) in [5, 5.41) is 3.08. The highest BCUT2D eigenvalue weighted by atomic mass is 32.2. The quantitative estimate of drug-likeness (QED) is 0.587. The lowest BCUT2D eigenvalue weighted by Gasteiger charge is -2.17. The molecule has 8 heteroatoms. The number of nitrogens with one attached hydrogen (secondary N) is 1. The van der Waals surface area contributed by atoms with Crippen molar-refractivity contribution in [2.75, 3.05) is 37.2 Å². The molecule has 0 bridgehead atoms. The fourth-order valence-electron chi connectivity index (χ4n) is 1.70. The SMILES string of the molecule is CCNc1nc(SCCN(CC)CC)cc(C(F)(F)F)n1. The van der Waals surface area contributed by atoms with Crippen molar-refractivity contribution in [2.45, 2.75) is 32.0 Å². The average molecular weight is 322 g/mol. The maximum Gasteiger partial charge on any atom is 0.433 e. The molecule has 0 spiro atoms. The summed E-state index contributed by atoms with van der Waals surface area (Å²) in [6, 6.07) is 1.01. The molecule has 0 radical (unpaired) electrons. The van der Waals surface area contributed by atoms with Crippen molar-refractivity contribution in [3.8, 4) is 0 Å². The van der Waals surface area contributed by atoms with E-state index in [-0.39, 0.29) is 5.95 Å². The molecule has 0 aliphatic carbocycles. The van der Waals surface area contributed by atoms with E-state index in [1.54, 1.807) is 6.92 Å². The predicted molar refractivity (Wildman–Crippen MR) is 79.7 cm³/mol. The minimum atomic E-state index is -4.46. The van der Waals surface area contributed by atoms with Crippen LogP contribution in [-0.4, -0.2) is 46.8 Å². The fourth-order valence-corrected chi connectivity index (χ4v) is 2.61. The Hall–Kier alpha value is -1.02. The number of nitrogens with zero attached hydrogens (tertiary/aromatic N) is 3. The summed E-state index contributed by atoms with van der Waals surface area (Å²) in [5.41, 5.74) is -0.904. The number of anilines is 1. The Kier molecular flexibility index (Phi) is 7.24. The van der Waals surface area contributed by atoms with Gasteiger partial charge in [0.15, 0.2) is 5.69 Å². The van der Waals surface area contributed by atoms with Crippen LogP contribution in [0.5, 0.6) is 0 Å². The first-order chi connectivity index (χ1) is 9.90. The monoisotopic (exact) mass is 322 g/mol. The molecule has 0 saturated carbocycles. The topological polar surface area (TPSA) is 41.1 Å². The molecule has 1 rings (SSSR count). The van der Waals surface area contributed by atoms with Gasteiger partial charge in [-0.2, -0.15) is 13.2 Å². The van der Waals surface area contributed by atoms with Gasteiger partial charge in [0.2, 0.25) is 5.95 Å². The van der Waals surface area contributed by atoms with Gasteiger partial charge >= 0.3 is 6.18 Å². The molecule has 1 N–H and O–H groups in total. The van der Waals surface area contributed by atoms with Crippen molar-refractivity contribution < 1.29 is 13.2 Å². The van der Waals surface area contributed by atoms with Gasteiger partial charge in [-0.15, -0.1) is 11.8 Å². The molecule has 0 amide bonds. The van der Waals surface area contributed by atoms with Gasteiger partial charge in [0, 0.05) is 24.9 Å². The molecule has 1 heterocycles. The van der Waals surface area contributed by atoms with Crippen LogP contribution in [0, 0.1) is 0 Å². The van der Waals surface area contributed by atoms with Crippen molar-refractivity contribution in [3.05, 3.63) is 11.8 Å². The number of alkyl halides is 3. The second-order valence-corrected chi connectivity index (χ2v) is 5.43. The third-order valence-electron chi connectivity index (χ3n) is 2.88. The lowest BCUT2D eigenvalue weighted by Crippen LogP contribution is -2.25. The van der Waals surface area contributed by atoms with Crippen LogP contribution < -0.4 is 5.32 Å². The summed E-state index contributed by atoms with van der Waals surface area (Å²) in [6.07, 6.45) is -4.46. The van der Waals surface area contributed by atoms with E-state index in [0.717, 1.165) is 25.7 Å². The van der Waals surface area contributed by atoms with Gasteiger partial charge in [0.25, 0.3) is 0 Å². The highest BCUT2D eigenvalue weighted by molar-refractivity contribution is 7.99. The molecule has 1 aromatic heterocycles. The van der Waals surface area contributed by atoms with Crippen LogP contribution in [0.1, 0.15) is 26.5 Å². The average Bonchev–Trinajstić information content (AvgIpc) is 2.43. The Labute approximate surface area is 127 Å². The Morgan fingerprint density at radius 3 is 2.38 bits per heavy atom. The van der Waals surface area contributed by atoms with Gasteiger partial charge < -0.3 is 10.2 Å². The molecule has 0 fully saturated rings. The number of halogens is 3. The lowest BCUT2D eigenvalue weighted by atomic mass is 10.4. The van der Waals surface area contributed by atoms with Crippen LogP contribution in [0.15, 0.2) is 11.1 Å². The van der Waals surface area contributed by atoms with Crippen LogP contribution in [0.25, 0.3) is 0 Å². The zero-order chi connectivity index (χ0) is 15.9. The van der Waals surface area contributed by atoms with E-state index in [1.165, 1.54) is 11.8 Å². The standard InChI is InChI=1S/C13H21F3N4S/c1-4-17-12-18-10(13(14,15)16)9-11(19-12)21-8-7-20(5-2)6-3/h9H,4-8H2,1-3H3,(H,17,18,19). The van der Waals surface area contributed by atoms with Crippen molar-refractivity contribution in [3.63, 3.8) is 0 Å². The van der Waals surface area contributed by atoms with Crippen molar-refractivity contribution >= 4 is 17.7 Å². The fraction of sp³-hybridized carbons (Fsp3) is 0.692. The van der Waals surface area contributed by atoms with E-state index < -0.39 is 11.9 Å². The zero-order valence-electron chi connectivity index (χ0n) is 12.5. The van der Waals surface area contributed by atoms with Gasteiger partial charge in [0.1, 0.15) is 5.03 Å². The van der Waals surface area contributed by atoms with Gasteiger partial charge in [-0.05, 0) is 20.0 Å². The molecule has 0 saturated heterocycles. The maximum atomic E-state index is 12.8. The molecule has 1 aromatic rings. The van der Waals surface area contributed by atoms with E-state index in [2.05, 4.69) is 34.0 Å². The largest absolute Gasteiger partial charge is 0.433 e. The number of rotatable bonds is 8. The van der Waals surface area contributed by atoms with Crippen LogP contribution in [0.3, 0.4) is 0 Å². The Bertz CT molecular complexity index is 436. The number of hydrogen-bond donors (Lipinski definition) is 1. The summed E-state index contributed by atoms with van der Waals surface area (Å²) >= 11 is 1.32. The molecule has 4 nitrogen and oxygen atoms in total. The molecule has 0 aromatic carbocycles. The van der Waals surface area contributed by atoms with Crippen molar-refractivity contribution in [1.29, 1.82) is 0 Å². The smallest absolute Gasteiger partial charge is 0.354 e. The normalized spacial score (nSPS) is 12.0. The number of hydrogen-bond acceptors (Lipinski definition) is 5. The van der Waals surface area contributed by atoms with Gasteiger partial charge in [-0.3, -0.25) is 0 Å². The third-order valence-corrected chi connectivity index (χ3v) is 3.77. The highest BCUT2D eigenvalue weighted by Gasteiger charge is 2.33. The first kappa shape index (κ1) is 18.0. The minimum absolute atomic E-state index is 0.0256. The Morgan fingerprint density at radius 2 is 1.86 bits per heavy atom. The maximum absolute atomic E-state index is 12.8. The van der Waals surface area contributed by atoms with Crippen LogP contribution in [0.4, 0.5) is 19.1 Å². The number of aromatic nitrogens is 2. The van der Waals surface area contributed by atoms with E-state index >= 15 is 0 Å². The molecule has 120 valence electrons. The summed E-state index contributed by atoms with van der Waals surface area (Å²) in [4.78, 5) is 9.82. The molecule has 21 heavy (non-hydrogen) atoms. The number of thioether (sulfide) groups is 1. The molecule has 0 aliphatic rings. The van der Waals surface area contributed by atoms with Crippen LogP contribution in [0.2, 0.25) is 0 Å². The first-order valence-corrected chi connectivity index (χ1v) is 7.94. The van der Waals surface area contributed by atoms with Crippen LogP contribution in [-0.2, 0) is 6.18 Å². The van der Waals surface area contributed by atoms with Crippen molar-refractivity contribution in [1.82, 2.24) is 14.9 Å². The van der Waals surface area contributed by atoms with Gasteiger partial charge in [-0.1, -0.05) is 13.8 Å².